The summed E-state index contributed by atoms with van der Waals surface area (Å²) in [5.74, 6) is -0.204. The van der Waals surface area contributed by atoms with E-state index in [1.807, 2.05) is 0 Å². The molecule has 32 heavy (non-hydrogen) atoms. The van der Waals surface area contributed by atoms with Crippen LogP contribution in [0, 0.1) is 30.3 Å². The van der Waals surface area contributed by atoms with E-state index in [9.17, 15) is 35.4 Å². The van der Waals surface area contributed by atoms with Crippen molar-refractivity contribution in [2.24, 2.45) is 4.99 Å². The third-order valence-corrected chi connectivity index (χ3v) is 4.46. The molecule has 0 bridgehead atoms. The van der Waals surface area contributed by atoms with Crippen LogP contribution in [-0.2, 0) is 0 Å². The summed E-state index contributed by atoms with van der Waals surface area (Å²) in [6, 6.07) is 11.6. The lowest BCUT2D eigenvalue weighted by molar-refractivity contribution is -0.393. The molecule has 0 amide bonds. The van der Waals surface area contributed by atoms with Crippen molar-refractivity contribution in [3.63, 3.8) is 0 Å². The molecule has 0 unspecified atom stereocenters. The maximum absolute atomic E-state index is 11.3. The van der Waals surface area contributed by atoms with E-state index in [1.54, 1.807) is 18.2 Å². The molecule has 162 valence electrons. The first-order valence-electron chi connectivity index (χ1n) is 8.66. The number of phenolic OH excluding ortho intramolecular Hbond substituents is 1. The van der Waals surface area contributed by atoms with Gasteiger partial charge in [-0.05, 0) is 30.3 Å². The molecule has 0 aliphatic heterocycles. The standard InChI is InChI=1S/C19H12ClN5O7/c20-15-8-16(18(25(31)32)9-17(15)24(29)30)22-13-3-1-2-12(7-13)21-10-11-6-14(23(27)28)4-5-19(11)26/h1-10,22,26H. The summed E-state index contributed by atoms with van der Waals surface area (Å²) in [5, 5.41) is 45.6. The Bertz CT molecular complexity index is 1280. The highest BCUT2D eigenvalue weighted by atomic mass is 35.5. The van der Waals surface area contributed by atoms with Gasteiger partial charge < -0.3 is 10.4 Å². The van der Waals surface area contributed by atoms with Crippen LogP contribution < -0.4 is 5.32 Å². The highest BCUT2D eigenvalue weighted by Crippen LogP contribution is 2.37. The van der Waals surface area contributed by atoms with Crippen LogP contribution in [0.25, 0.3) is 0 Å². The molecule has 0 aliphatic rings. The lowest BCUT2D eigenvalue weighted by Gasteiger charge is -2.08. The molecular weight excluding hydrogens is 446 g/mol. The Labute approximate surface area is 183 Å². The highest BCUT2D eigenvalue weighted by molar-refractivity contribution is 6.33. The van der Waals surface area contributed by atoms with Crippen molar-refractivity contribution in [2.45, 2.75) is 0 Å². The number of nitro groups is 3. The van der Waals surface area contributed by atoms with E-state index in [2.05, 4.69) is 10.3 Å². The highest BCUT2D eigenvalue weighted by Gasteiger charge is 2.23. The molecule has 3 rings (SSSR count). The second-order valence-electron chi connectivity index (χ2n) is 6.27. The van der Waals surface area contributed by atoms with Crippen LogP contribution >= 0.6 is 11.6 Å². The quantitative estimate of drug-likeness (QED) is 0.274. The first-order chi connectivity index (χ1) is 15.2. The van der Waals surface area contributed by atoms with Gasteiger partial charge in [0.15, 0.2) is 0 Å². The number of anilines is 2. The maximum atomic E-state index is 11.3. The average molecular weight is 458 g/mol. The third-order valence-electron chi connectivity index (χ3n) is 4.16. The number of phenols is 1. The van der Waals surface area contributed by atoms with Crippen LogP contribution in [0.15, 0.2) is 59.6 Å². The molecule has 0 saturated carbocycles. The summed E-state index contributed by atoms with van der Waals surface area (Å²) in [4.78, 5) is 35.2. The largest absolute Gasteiger partial charge is 0.507 e. The maximum Gasteiger partial charge on any atom is 0.299 e. The first-order valence-corrected chi connectivity index (χ1v) is 9.04. The fourth-order valence-electron chi connectivity index (χ4n) is 2.66. The monoisotopic (exact) mass is 457 g/mol. The first kappa shape index (κ1) is 22.1. The van der Waals surface area contributed by atoms with Gasteiger partial charge in [-0.15, -0.1) is 0 Å². The van der Waals surface area contributed by atoms with Crippen molar-refractivity contribution in [2.75, 3.05) is 5.32 Å². The number of nitro benzene ring substituents is 3. The van der Waals surface area contributed by atoms with Gasteiger partial charge in [-0.25, -0.2) is 0 Å². The summed E-state index contributed by atoms with van der Waals surface area (Å²) >= 11 is 5.87. The number of benzene rings is 3. The van der Waals surface area contributed by atoms with E-state index in [0.717, 1.165) is 24.3 Å². The lowest BCUT2D eigenvalue weighted by Crippen LogP contribution is -1.99. The minimum Gasteiger partial charge on any atom is -0.507 e. The van der Waals surface area contributed by atoms with Gasteiger partial charge in [0.1, 0.15) is 16.5 Å². The van der Waals surface area contributed by atoms with Crippen LogP contribution in [0.2, 0.25) is 5.02 Å². The Morgan fingerprint density at radius 1 is 0.906 bits per heavy atom. The average Bonchev–Trinajstić information content (AvgIpc) is 2.73. The molecule has 0 aliphatic carbocycles. The number of rotatable bonds is 7. The summed E-state index contributed by atoms with van der Waals surface area (Å²) < 4.78 is 0. The van der Waals surface area contributed by atoms with Gasteiger partial charge in [0.05, 0.1) is 26.5 Å². The number of hydrogen-bond acceptors (Lipinski definition) is 9. The fraction of sp³-hybridized carbons (Fsp3) is 0. The molecule has 0 saturated heterocycles. The molecular formula is C19H12ClN5O7. The molecule has 3 aromatic carbocycles. The van der Waals surface area contributed by atoms with Gasteiger partial charge in [-0.1, -0.05) is 17.7 Å². The van der Waals surface area contributed by atoms with Gasteiger partial charge in [0.2, 0.25) is 0 Å². The van der Waals surface area contributed by atoms with Gasteiger partial charge in [0, 0.05) is 29.6 Å². The fourth-order valence-corrected chi connectivity index (χ4v) is 2.90. The van der Waals surface area contributed by atoms with Crippen molar-refractivity contribution < 1.29 is 19.9 Å². The SMILES string of the molecule is O=[N+]([O-])c1ccc(O)c(C=Nc2cccc(Nc3cc(Cl)c([N+](=O)[O-])cc3[N+](=O)[O-])c2)c1. The second kappa shape index (κ2) is 9.06. The Balaban J connectivity index is 1.91. The molecule has 0 spiro atoms. The van der Waals surface area contributed by atoms with E-state index in [4.69, 9.17) is 11.6 Å². The minimum absolute atomic E-state index is 0.0666. The van der Waals surface area contributed by atoms with E-state index in [1.165, 1.54) is 18.3 Å². The van der Waals surface area contributed by atoms with Crippen LogP contribution in [0.3, 0.4) is 0 Å². The number of halogens is 1. The molecule has 13 heteroatoms. The molecule has 3 aromatic rings. The van der Waals surface area contributed by atoms with Crippen molar-refractivity contribution in [3.05, 3.63) is 95.5 Å². The summed E-state index contributed by atoms with van der Waals surface area (Å²) in [6.45, 7) is 0. The Morgan fingerprint density at radius 3 is 2.28 bits per heavy atom. The molecule has 0 aromatic heterocycles. The third kappa shape index (κ3) is 4.94. The van der Waals surface area contributed by atoms with Gasteiger partial charge >= 0.3 is 0 Å². The van der Waals surface area contributed by atoms with Crippen LogP contribution in [-0.4, -0.2) is 26.1 Å². The second-order valence-corrected chi connectivity index (χ2v) is 6.68. The number of aliphatic imine (C=N–C) groups is 1. The van der Waals surface area contributed by atoms with Crippen molar-refractivity contribution >= 4 is 51.9 Å². The Hall–Kier alpha value is -4.58. The van der Waals surface area contributed by atoms with E-state index < -0.39 is 26.1 Å². The van der Waals surface area contributed by atoms with Crippen LogP contribution in [0.5, 0.6) is 5.75 Å². The Morgan fingerprint density at radius 2 is 1.62 bits per heavy atom. The van der Waals surface area contributed by atoms with E-state index in [0.29, 0.717) is 11.4 Å². The van der Waals surface area contributed by atoms with Crippen molar-refractivity contribution in [3.8, 4) is 5.75 Å². The molecule has 2 N–H and O–H groups in total. The van der Waals surface area contributed by atoms with Gasteiger partial charge in [-0.3, -0.25) is 35.3 Å². The topological polar surface area (TPSA) is 174 Å². The summed E-state index contributed by atoms with van der Waals surface area (Å²) in [5.41, 5.74) is -0.594. The minimum atomic E-state index is -0.822. The summed E-state index contributed by atoms with van der Waals surface area (Å²) in [6.07, 6.45) is 1.23. The van der Waals surface area contributed by atoms with E-state index in [-0.39, 0.29) is 27.7 Å². The number of hydrogen-bond donors (Lipinski definition) is 2. The number of nitrogens with one attached hydrogen (secondary N) is 1. The van der Waals surface area contributed by atoms with E-state index >= 15 is 0 Å². The molecule has 12 nitrogen and oxygen atoms in total. The van der Waals surface area contributed by atoms with Gasteiger partial charge in [0.25, 0.3) is 17.1 Å². The lowest BCUT2D eigenvalue weighted by atomic mass is 10.2. The van der Waals surface area contributed by atoms with Crippen molar-refractivity contribution in [1.82, 2.24) is 0 Å². The summed E-state index contributed by atoms with van der Waals surface area (Å²) in [7, 11) is 0. The number of aromatic hydroxyl groups is 1. The molecule has 0 heterocycles. The normalized spacial score (nSPS) is 10.8. The number of non-ortho nitro benzene ring substituents is 1. The molecule has 0 atom stereocenters. The van der Waals surface area contributed by atoms with Crippen molar-refractivity contribution in [1.29, 1.82) is 0 Å². The smallest absolute Gasteiger partial charge is 0.299 e. The number of nitrogens with zero attached hydrogens (tertiary/aromatic N) is 4. The predicted octanol–water partition coefficient (Wildman–Crippen LogP) is 5.26. The van der Waals surface area contributed by atoms with Crippen LogP contribution in [0.1, 0.15) is 5.56 Å². The molecule has 0 radical (unpaired) electrons. The predicted molar refractivity (Wildman–Crippen MR) is 117 cm³/mol. The molecule has 0 fully saturated rings. The zero-order chi connectivity index (χ0) is 23.4. The van der Waals surface area contributed by atoms with Crippen LogP contribution in [0.4, 0.5) is 34.1 Å². The van der Waals surface area contributed by atoms with Gasteiger partial charge in [-0.2, -0.15) is 0 Å². The zero-order valence-electron chi connectivity index (χ0n) is 15.8. The Kier molecular flexibility index (Phi) is 6.26. The zero-order valence-corrected chi connectivity index (χ0v) is 16.6.